The predicted molar refractivity (Wildman–Crippen MR) is 155 cm³/mol. The van der Waals surface area contributed by atoms with E-state index in [0.717, 1.165) is 33.4 Å². The average molecular weight is 565 g/mol. The van der Waals surface area contributed by atoms with Crippen LogP contribution < -0.4 is 18.9 Å². The topological polar surface area (TPSA) is 89.9 Å². The van der Waals surface area contributed by atoms with Crippen LogP contribution in [0, 0.1) is 13.8 Å². The summed E-state index contributed by atoms with van der Waals surface area (Å²) in [5, 5.41) is 11.5. The minimum absolute atomic E-state index is 0.0124. The number of phenols is 1. The standard InChI is InChI=1S/C32H40N2O7/c1-9-11-40-16-23-25-20(29(38-7)18(4)30(39-8)31(25)41-12-10-2)15-21-26-24-19(13-17(3)28(37-6)27(24)35)14-22(33(26)5)32(36)34(21)23/h9-10,13,21-23,26,35H,1-2,11-12,14-16H2,3-8H3/t21-,22+,23+,26+/m1/s1. The fourth-order valence-corrected chi connectivity index (χ4v) is 7.20. The Bertz CT molecular complexity index is 1390. The molecule has 3 heterocycles. The molecular formula is C32H40N2O7. The number of piperazine rings is 1. The lowest BCUT2D eigenvalue weighted by molar-refractivity contribution is -0.159. The van der Waals surface area contributed by atoms with Gasteiger partial charge in [0.15, 0.2) is 23.0 Å². The normalized spacial score (nSPS) is 22.8. The molecule has 2 aromatic rings. The number of phenolic OH excluding ortho intramolecular Hbond substituents is 1. The molecule has 9 nitrogen and oxygen atoms in total. The largest absolute Gasteiger partial charge is 0.504 e. The van der Waals surface area contributed by atoms with Gasteiger partial charge in [-0.1, -0.05) is 24.8 Å². The number of aryl methyl sites for hydroxylation is 1. The summed E-state index contributed by atoms with van der Waals surface area (Å²) in [5.41, 5.74) is 5.17. The van der Waals surface area contributed by atoms with Crippen molar-refractivity contribution in [3.05, 3.63) is 64.8 Å². The van der Waals surface area contributed by atoms with Gasteiger partial charge in [0.2, 0.25) is 5.91 Å². The average Bonchev–Trinajstić information content (AvgIpc) is 2.94. The van der Waals surface area contributed by atoms with E-state index in [4.69, 9.17) is 23.7 Å². The van der Waals surface area contributed by atoms with Crippen LogP contribution in [-0.2, 0) is 22.4 Å². The van der Waals surface area contributed by atoms with E-state index in [-0.39, 0.29) is 37.0 Å². The highest BCUT2D eigenvalue weighted by molar-refractivity contribution is 5.86. The maximum absolute atomic E-state index is 14.4. The number of methoxy groups -OCH3 is 3. The highest BCUT2D eigenvalue weighted by atomic mass is 16.5. The number of benzene rings is 2. The monoisotopic (exact) mass is 564 g/mol. The van der Waals surface area contributed by atoms with Gasteiger partial charge in [-0.15, -0.1) is 6.58 Å². The number of carbonyl (C=O) groups excluding carboxylic acids is 1. The van der Waals surface area contributed by atoms with Crippen molar-refractivity contribution in [3.8, 4) is 28.7 Å². The Labute approximate surface area is 241 Å². The smallest absolute Gasteiger partial charge is 0.241 e. The van der Waals surface area contributed by atoms with Gasteiger partial charge in [0.1, 0.15) is 12.4 Å². The third-order valence-corrected chi connectivity index (χ3v) is 8.75. The first kappa shape index (κ1) is 28.8. The first-order valence-corrected chi connectivity index (χ1v) is 13.9. The van der Waals surface area contributed by atoms with Gasteiger partial charge in [-0.3, -0.25) is 9.69 Å². The van der Waals surface area contributed by atoms with Gasteiger partial charge in [-0.2, -0.15) is 0 Å². The second kappa shape index (κ2) is 11.3. The van der Waals surface area contributed by atoms with E-state index in [2.05, 4.69) is 18.1 Å². The van der Waals surface area contributed by atoms with Crippen molar-refractivity contribution in [2.45, 2.75) is 50.9 Å². The molecular weight excluding hydrogens is 524 g/mol. The summed E-state index contributed by atoms with van der Waals surface area (Å²) >= 11 is 0. The Morgan fingerprint density at radius 1 is 0.976 bits per heavy atom. The number of fused-ring (bicyclic) bond motifs is 7. The van der Waals surface area contributed by atoms with Crippen LogP contribution in [-0.4, -0.2) is 81.1 Å². The second-order valence-corrected chi connectivity index (χ2v) is 10.8. The van der Waals surface area contributed by atoms with Gasteiger partial charge in [-0.25, -0.2) is 0 Å². The molecule has 0 aliphatic carbocycles. The summed E-state index contributed by atoms with van der Waals surface area (Å²) < 4.78 is 29.8. The van der Waals surface area contributed by atoms with Crippen LogP contribution in [0.1, 0.15) is 45.5 Å². The lowest BCUT2D eigenvalue weighted by Gasteiger charge is -2.57. The van der Waals surface area contributed by atoms with Crippen LogP contribution >= 0.6 is 0 Å². The molecule has 0 radical (unpaired) electrons. The van der Waals surface area contributed by atoms with Crippen molar-refractivity contribution < 1.29 is 33.6 Å². The number of ether oxygens (including phenoxy) is 5. The summed E-state index contributed by atoms with van der Waals surface area (Å²) in [6, 6.07) is 0.554. The number of likely N-dealkylation sites (N-methyl/N-ethyl adjacent to an activating group) is 1. The maximum atomic E-state index is 14.4. The zero-order valence-electron chi connectivity index (χ0n) is 24.8. The molecule has 0 aromatic heterocycles. The van der Waals surface area contributed by atoms with Crippen LogP contribution in [0.5, 0.6) is 28.7 Å². The van der Waals surface area contributed by atoms with Crippen LogP contribution in [0.3, 0.4) is 0 Å². The van der Waals surface area contributed by atoms with Crippen molar-refractivity contribution in [2.75, 3.05) is 48.2 Å². The molecule has 3 aliphatic heterocycles. The number of amides is 1. The Hall–Kier alpha value is -3.69. The van der Waals surface area contributed by atoms with Gasteiger partial charge in [0.05, 0.1) is 58.7 Å². The number of rotatable bonds is 10. The van der Waals surface area contributed by atoms with Gasteiger partial charge in [0.25, 0.3) is 0 Å². The van der Waals surface area contributed by atoms with Crippen LogP contribution in [0.25, 0.3) is 0 Å². The number of hydrogen-bond acceptors (Lipinski definition) is 8. The molecule has 0 unspecified atom stereocenters. The van der Waals surface area contributed by atoms with Gasteiger partial charge >= 0.3 is 0 Å². The lowest BCUT2D eigenvalue weighted by Crippen LogP contribution is -2.67. The Kier molecular flexibility index (Phi) is 7.94. The molecule has 2 aromatic carbocycles. The fourth-order valence-electron chi connectivity index (χ4n) is 7.20. The van der Waals surface area contributed by atoms with Gasteiger partial charge in [-0.05, 0) is 44.9 Å². The zero-order chi connectivity index (χ0) is 29.6. The Morgan fingerprint density at radius 3 is 2.29 bits per heavy atom. The molecule has 3 aliphatic rings. The van der Waals surface area contributed by atoms with E-state index in [1.54, 1.807) is 33.5 Å². The lowest BCUT2D eigenvalue weighted by atomic mass is 9.73. The third-order valence-electron chi connectivity index (χ3n) is 8.75. The predicted octanol–water partition coefficient (Wildman–Crippen LogP) is 4.21. The van der Waals surface area contributed by atoms with Crippen LogP contribution in [0.15, 0.2) is 31.4 Å². The van der Waals surface area contributed by atoms with Crippen LogP contribution in [0.2, 0.25) is 0 Å². The summed E-state index contributed by atoms with van der Waals surface area (Å²) in [6.07, 6.45) is 4.33. The summed E-state index contributed by atoms with van der Waals surface area (Å²) in [5.74, 6) is 2.40. The van der Waals surface area contributed by atoms with E-state index in [1.807, 2.05) is 31.9 Å². The number of hydrogen-bond donors (Lipinski definition) is 1. The fraction of sp³-hybridized carbons (Fsp3) is 0.469. The number of aromatic hydroxyl groups is 1. The zero-order valence-corrected chi connectivity index (χ0v) is 24.8. The molecule has 9 heteroatoms. The molecule has 5 rings (SSSR count). The van der Waals surface area contributed by atoms with E-state index in [0.29, 0.717) is 42.4 Å². The quantitative estimate of drug-likeness (QED) is 0.339. The molecule has 0 saturated carbocycles. The van der Waals surface area contributed by atoms with E-state index >= 15 is 0 Å². The molecule has 4 atom stereocenters. The molecule has 1 N–H and O–H groups in total. The van der Waals surface area contributed by atoms with E-state index < -0.39 is 12.1 Å². The van der Waals surface area contributed by atoms with Crippen molar-refractivity contribution in [1.29, 1.82) is 0 Å². The molecule has 1 saturated heterocycles. The summed E-state index contributed by atoms with van der Waals surface area (Å²) in [6.45, 7) is 12.3. The highest BCUT2D eigenvalue weighted by Gasteiger charge is 2.55. The van der Waals surface area contributed by atoms with Crippen molar-refractivity contribution in [1.82, 2.24) is 9.80 Å². The van der Waals surface area contributed by atoms with Crippen LogP contribution in [0.4, 0.5) is 0 Å². The van der Waals surface area contributed by atoms with Crippen molar-refractivity contribution in [3.63, 3.8) is 0 Å². The molecule has 1 fully saturated rings. The van der Waals surface area contributed by atoms with Gasteiger partial charge < -0.3 is 33.7 Å². The SMILES string of the molecule is C=CCOC[C@H]1c2c(c(OC)c(C)c(OC)c2OCC=C)C[C@@H]2[C@H]3c4c(cc(C)c(OC)c4O)C[C@@H](C(=O)N21)N3C. The first-order chi connectivity index (χ1) is 19.7. The molecule has 0 spiro atoms. The summed E-state index contributed by atoms with van der Waals surface area (Å²) in [7, 11) is 6.78. The minimum Gasteiger partial charge on any atom is -0.504 e. The maximum Gasteiger partial charge on any atom is 0.241 e. The molecule has 41 heavy (non-hydrogen) atoms. The van der Waals surface area contributed by atoms with E-state index in [9.17, 15) is 9.90 Å². The van der Waals surface area contributed by atoms with Crippen molar-refractivity contribution >= 4 is 5.91 Å². The summed E-state index contributed by atoms with van der Waals surface area (Å²) in [4.78, 5) is 18.5. The molecule has 1 amide bonds. The van der Waals surface area contributed by atoms with Gasteiger partial charge in [0, 0.05) is 22.3 Å². The van der Waals surface area contributed by atoms with Crippen molar-refractivity contribution in [2.24, 2.45) is 0 Å². The molecule has 220 valence electrons. The molecule has 2 bridgehead atoms. The Morgan fingerprint density at radius 2 is 1.66 bits per heavy atom. The second-order valence-electron chi connectivity index (χ2n) is 10.8. The first-order valence-electron chi connectivity index (χ1n) is 13.9. The minimum atomic E-state index is -0.492. The highest BCUT2D eigenvalue weighted by Crippen LogP contribution is 2.56. The Balaban J connectivity index is 1.78. The third kappa shape index (κ3) is 4.33. The number of carbonyl (C=O) groups is 1. The van der Waals surface area contributed by atoms with E-state index in [1.165, 1.54) is 0 Å². The number of nitrogens with zero attached hydrogens (tertiary/aromatic N) is 2.